The Balaban J connectivity index is 1.38. The number of aromatic nitrogens is 2. The number of Topliss-reactive ketones (excluding diaryl/α,β-unsaturated/α-hetero) is 1. The molecule has 0 spiro atoms. The van der Waals surface area contributed by atoms with Crippen LogP contribution in [0.25, 0.3) is 0 Å². The largest absolute Gasteiger partial charge is 0.487 e. The number of hydrogen-bond acceptors (Lipinski definition) is 3. The van der Waals surface area contributed by atoms with Crippen molar-refractivity contribution in [2.75, 3.05) is 0 Å². The van der Waals surface area contributed by atoms with Crippen LogP contribution >= 0.6 is 23.2 Å². The molecule has 0 fully saturated rings. The number of carbonyl (C=O) groups excluding carboxylic acids is 1. The zero-order valence-corrected chi connectivity index (χ0v) is 18.2. The predicted octanol–water partition coefficient (Wildman–Crippen LogP) is 6.24. The first kappa shape index (κ1) is 21.2. The van der Waals surface area contributed by atoms with E-state index < -0.39 is 0 Å². The van der Waals surface area contributed by atoms with E-state index in [1.165, 1.54) is 0 Å². The summed E-state index contributed by atoms with van der Waals surface area (Å²) in [5.41, 5.74) is 3.65. The summed E-state index contributed by atoms with van der Waals surface area (Å²) in [6.45, 7) is 1.00. The van der Waals surface area contributed by atoms with Crippen molar-refractivity contribution in [3.63, 3.8) is 0 Å². The van der Waals surface area contributed by atoms with E-state index in [2.05, 4.69) is 5.10 Å². The molecule has 0 saturated heterocycles. The molecule has 0 aliphatic heterocycles. The lowest BCUT2D eigenvalue weighted by Gasteiger charge is -2.10. The van der Waals surface area contributed by atoms with Crippen LogP contribution in [0.3, 0.4) is 0 Å². The van der Waals surface area contributed by atoms with Gasteiger partial charge in [0.25, 0.3) is 0 Å². The Bertz CT molecular complexity index is 1170. The van der Waals surface area contributed by atoms with Gasteiger partial charge in [-0.2, -0.15) is 5.10 Å². The molecule has 0 amide bonds. The molecule has 6 heteroatoms. The van der Waals surface area contributed by atoms with E-state index in [-0.39, 0.29) is 5.78 Å². The van der Waals surface area contributed by atoms with Gasteiger partial charge in [0.05, 0.1) is 11.6 Å². The van der Waals surface area contributed by atoms with E-state index in [1.54, 1.807) is 24.4 Å². The quantitative estimate of drug-likeness (QED) is 0.298. The second kappa shape index (κ2) is 9.82. The number of ketones is 1. The first-order valence-corrected chi connectivity index (χ1v) is 10.6. The van der Waals surface area contributed by atoms with Crippen molar-refractivity contribution in [3.05, 3.63) is 117 Å². The summed E-state index contributed by atoms with van der Waals surface area (Å²) in [4.78, 5) is 12.8. The van der Waals surface area contributed by atoms with E-state index in [0.717, 1.165) is 16.7 Å². The molecule has 0 N–H and O–H groups in total. The second-order valence-corrected chi connectivity index (χ2v) is 8.03. The minimum atomic E-state index is 0.0578. The third-order valence-electron chi connectivity index (χ3n) is 4.83. The predicted molar refractivity (Wildman–Crippen MR) is 123 cm³/mol. The van der Waals surface area contributed by atoms with Crippen LogP contribution in [-0.2, 0) is 19.6 Å². The number of benzene rings is 3. The van der Waals surface area contributed by atoms with Gasteiger partial charge >= 0.3 is 0 Å². The van der Waals surface area contributed by atoms with Gasteiger partial charge in [-0.1, -0.05) is 65.7 Å². The van der Waals surface area contributed by atoms with Crippen LogP contribution in [0.4, 0.5) is 0 Å². The van der Waals surface area contributed by atoms with Crippen molar-refractivity contribution in [3.8, 4) is 5.75 Å². The number of halogens is 2. The highest BCUT2D eigenvalue weighted by Gasteiger charge is 2.09. The molecule has 0 radical (unpaired) electrons. The van der Waals surface area contributed by atoms with Gasteiger partial charge in [-0.15, -0.1) is 0 Å². The fourth-order valence-corrected chi connectivity index (χ4v) is 3.55. The zero-order chi connectivity index (χ0) is 21.6. The maximum absolute atomic E-state index is 12.8. The van der Waals surface area contributed by atoms with Crippen molar-refractivity contribution >= 4 is 29.0 Å². The molecular weight excluding hydrogens is 431 g/mol. The van der Waals surface area contributed by atoms with E-state index >= 15 is 0 Å². The topological polar surface area (TPSA) is 44.1 Å². The molecule has 156 valence electrons. The lowest BCUT2D eigenvalue weighted by molar-refractivity contribution is 0.0993. The summed E-state index contributed by atoms with van der Waals surface area (Å²) in [7, 11) is 0. The highest BCUT2D eigenvalue weighted by atomic mass is 35.5. The minimum absolute atomic E-state index is 0.0578. The van der Waals surface area contributed by atoms with Crippen LogP contribution in [0.2, 0.25) is 10.0 Å². The number of nitrogens with zero attached hydrogens (tertiary/aromatic N) is 2. The number of hydrogen-bond donors (Lipinski definition) is 0. The summed E-state index contributed by atoms with van der Waals surface area (Å²) >= 11 is 12.1. The van der Waals surface area contributed by atoms with Gasteiger partial charge in [0.1, 0.15) is 12.4 Å². The molecule has 1 aromatic heterocycles. The SMILES string of the molecule is O=C(Cc1ccc(Cn2cccn2)cc1)c1cccc(COc2cc(Cl)ccc2Cl)c1. The second-order valence-electron chi connectivity index (χ2n) is 7.18. The van der Waals surface area contributed by atoms with Gasteiger partial charge in [-0.25, -0.2) is 0 Å². The van der Waals surface area contributed by atoms with E-state index in [0.29, 0.717) is 40.9 Å². The van der Waals surface area contributed by atoms with Gasteiger partial charge < -0.3 is 4.74 Å². The third-order valence-corrected chi connectivity index (χ3v) is 5.38. The van der Waals surface area contributed by atoms with Gasteiger partial charge in [0, 0.05) is 35.5 Å². The van der Waals surface area contributed by atoms with Gasteiger partial charge in [0.15, 0.2) is 5.78 Å². The van der Waals surface area contributed by atoms with Crippen LogP contribution < -0.4 is 4.74 Å². The monoisotopic (exact) mass is 450 g/mol. The summed E-state index contributed by atoms with van der Waals surface area (Å²) in [5.74, 6) is 0.573. The lowest BCUT2D eigenvalue weighted by atomic mass is 10.0. The standard InChI is InChI=1S/C25H20Cl2N2O2/c26-22-9-10-23(27)25(15-22)31-17-20-3-1-4-21(13-20)24(30)14-18-5-7-19(8-6-18)16-29-12-2-11-28-29/h1-13,15H,14,16-17H2. The van der Waals surface area contributed by atoms with E-state index in [4.69, 9.17) is 27.9 Å². The molecule has 31 heavy (non-hydrogen) atoms. The summed E-state index contributed by atoms with van der Waals surface area (Å²) in [6, 6.07) is 22.5. The minimum Gasteiger partial charge on any atom is -0.487 e. The van der Waals surface area contributed by atoms with Crippen molar-refractivity contribution < 1.29 is 9.53 Å². The number of ether oxygens (including phenoxy) is 1. The molecule has 0 bridgehead atoms. The smallest absolute Gasteiger partial charge is 0.167 e. The normalized spacial score (nSPS) is 10.8. The van der Waals surface area contributed by atoms with Crippen LogP contribution in [0.5, 0.6) is 5.75 Å². The average molecular weight is 451 g/mol. The van der Waals surface area contributed by atoms with Crippen LogP contribution in [0.1, 0.15) is 27.0 Å². The Labute approximate surface area is 191 Å². The molecule has 4 nitrogen and oxygen atoms in total. The van der Waals surface area contributed by atoms with E-state index in [1.807, 2.05) is 65.5 Å². The van der Waals surface area contributed by atoms with Crippen LogP contribution in [0, 0.1) is 0 Å². The molecule has 0 aliphatic carbocycles. The Hall–Kier alpha value is -3.08. The molecule has 0 atom stereocenters. The van der Waals surface area contributed by atoms with Crippen molar-refractivity contribution in [2.24, 2.45) is 0 Å². The van der Waals surface area contributed by atoms with Crippen LogP contribution in [0.15, 0.2) is 85.2 Å². The van der Waals surface area contributed by atoms with Crippen LogP contribution in [-0.4, -0.2) is 15.6 Å². The molecule has 4 rings (SSSR count). The molecule has 0 unspecified atom stereocenters. The van der Waals surface area contributed by atoms with Crippen molar-refractivity contribution in [1.82, 2.24) is 9.78 Å². The first-order valence-electron chi connectivity index (χ1n) is 9.82. The third kappa shape index (κ3) is 5.75. The highest BCUT2D eigenvalue weighted by Crippen LogP contribution is 2.28. The first-order chi connectivity index (χ1) is 15.1. The molecule has 4 aromatic rings. The Morgan fingerprint density at radius 3 is 2.48 bits per heavy atom. The Morgan fingerprint density at radius 2 is 1.71 bits per heavy atom. The van der Waals surface area contributed by atoms with Crippen molar-refractivity contribution in [2.45, 2.75) is 19.6 Å². The fourth-order valence-electron chi connectivity index (χ4n) is 3.21. The summed E-state index contributed by atoms with van der Waals surface area (Å²) in [6.07, 6.45) is 4.02. The zero-order valence-electron chi connectivity index (χ0n) is 16.7. The van der Waals surface area contributed by atoms with Crippen molar-refractivity contribution in [1.29, 1.82) is 0 Å². The summed E-state index contributed by atoms with van der Waals surface area (Å²) < 4.78 is 7.64. The van der Waals surface area contributed by atoms with Gasteiger partial charge in [-0.05, 0) is 41.0 Å². The molecular formula is C25H20Cl2N2O2. The average Bonchev–Trinajstić information content (AvgIpc) is 3.29. The lowest BCUT2D eigenvalue weighted by Crippen LogP contribution is -2.06. The summed E-state index contributed by atoms with van der Waals surface area (Å²) in [5, 5.41) is 5.26. The van der Waals surface area contributed by atoms with Gasteiger partial charge in [0.2, 0.25) is 0 Å². The fraction of sp³-hybridized carbons (Fsp3) is 0.120. The van der Waals surface area contributed by atoms with Gasteiger partial charge in [-0.3, -0.25) is 9.48 Å². The Kier molecular flexibility index (Phi) is 6.70. The maximum atomic E-state index is 12.8. The molecule has 0 saturated carbocycles. The maximum Gasteiger partial charge on any atom is 0.167 e. The number of rotatable bonds is 8. The molecule has 3 aromatic carbocycles. The van der Waals surface area contributed by atoms with E-state index in [9.17, 15) is 4.79 Å². The highest BCUT2D eigenvalue weighted by molar-refractivity contribution is 6.34. The molecule has 0 aliphatic rings. The number of carbonyl (C=O) groups is 1. The molecule has 1 heterocycles. The Morgan fingerprint density at radius 1 is 0.903 bits per heavy atom.